The van der Waals surface area contributed by atoms with Crippen molar-refractivity contribution < 1.29 is 14.5 Å². The standard InChI is InChI=1S/C17H15N3O4S2/c1-3-24-13-8-10(2)4-5-11(13)12-9-25-17(18-12)19-16(21)14-6-7-15(26-14)20(22)23/h4-9H,3H2,1-2H3,(H,18,19,21). The van der Waals surface area contributed by atoms with Gasteiger partial charge in [0.05, 0.1) is 22.1 Å². The van der Waals surface area contributed by atoms with Crippen LogP contribution in [0.1, 0.15) is 22.2 Å². The maximum atomic E-state index is 12.2. The predicted octanol–water partition coefficient (Wildman–Crippen LogP) is 4.74. The van der Waals surface area contributed by atoms with Crippen LogP contribution in [0.15, 0.2) is 35.7 Å². The van der Waals surface area contributed by atoms with Gasteiger partial charge in [0.25, 0.3) is 5.91 Å². The second-order valence-electron chi connectivity index (χ2n) is 5.32. The van der Waals surface area contributed by atoms with Gasteiger partial charge in [0.2, 0.25) is 0 Å². The molecule has 2 heterocycles. The molecule has 1 amide bonds. The van der Waals surface area contributed by atoms with E-state index in [0.717, 1.165) is 28.2 Å². The van der Waals surface area contributed by atoms with E-state index >= 15 is 0 Å². The third-order valence-corrected chi connectivity index (χ3v) is 5.23. The zero-order chi connectivity index (χ0) is 18.7. The fourth-order valence-electron chi connectivity index (χ4n) is 2.28. The lowest BCUT2D eigenvalue weighted by atomic mass is 10.1. The quantitative estimate of drug-likeness (QED) is 0.485. The van der Waals surface area contributed by atoms with Crippen LogP contribution in [0, 0.1) is 17.0 Å². The van der Waals surface area contributed by atoms with Gasteiger partial charge in [0, 0.05) is 17.0 Å². The molecule has 3 rings (SSSR count). The van der Waals surface area contributed by atoms with Gasteiger partial charge in [0.1, 0.15) is 5.75 Å². The molecule has 1 aromatic carbocycles. The molecule has 0 fully saturated rings. The zero-order valence-corrected chi connectivity index (χ0v) is 15.6. The van der Waals surface area contributed by atoms with E-state index in [1.54, 1.807) is 0 Å². The van der Waals surface area contributed by atoms with Gasteiger partial charge in [-0.15, -0.1) is 11.3 Å². The van der Waals surface area contributed by atoms with Crippen LogP contribution in [-0.2, 0) is 0 Å². The summed E-state index contributed by atoms with van der Waals surface area (Å²) in [4.78, 5) is 27.1. The van der Waals surface area contributed by atoms with E-state index in [4.69, 9.17) is 4.74 Å². The van der Waals surface area contributed by atoms with E-state index in [1.807, 2.05) is 37.4 Å². The molecule has 1 N–H and O–H groups in total. The largest absolute Gasteiger partial charge is 0.493 e. The van der Waals surface area contributed by atoms with Crippen molar-refractivity contribution in [3.8, 4) is 17.0 Å². The summed E-state index contributed by atoms with van der Waals surface area (Å²) in [5.41, 5.74) is 2.63. The van der Waals surface area contributed by atoms with Gasteiger partial charge in [-0.2, -0.15) is 0 Å². The van der Waals surface area contributed by atoms with Crippen LogP contribution in [0.5, 0.6) is 5.75 Å². The first-order chi connectivity index (χ1) is 12.5. The van der Waals surface area contributed by atoms with Gasteiger partial charge < -0.3 is 4.74 Å². The molecule has 0 atom stereocenters. The van der Waals surface area contributed by atoms with E-state index in [1.165, 1.54) is 23.5 Å². The molecule has 3 aromatic rings. The van der Waals surface area contributed by atoms with Crippen molar-refractivity contribution in [1.29, 1.82) is 0 Å². The van der Waals surface area contributed by atoms with Crippen molar-refractivity contribution in [3.63, 3.8) is 0 Å². The van der Waals surface area contributed by atoms with Gasteiger partial charge in [-0.1, -0.05) is 17.4 Å². The molecule has 0 aliphatic rings. The molecular formula is C17H15N3O4S2. The van der Waals surface area contributed by atoms with Crippen LogP contribution < -0.4 is 10.1 Å². The number of thiazole rings is 1. The van der Waals surface area contributed by atoms with Crippen LogP contribution in [0.2, 0.25) is 0 Å². The molecule has 0 saturated carbocycles. The minimum absolute atomic E-state index is 0.0732. The SMILES string of the molecule is CCOc1cc(C)ccc1-c1csc(NC(=O)c2ccc([N+](=O)[O-])s2)n1. The average Bonchev–Trinajstić information content (AvgIpc) is 3.25. The number of anilines is 1. The number of nitro groups is 1. The number of nitrogens with one attached hydrogen (secondary N) is 1. The Morgan fingerprint density at radius 1 is 1.35 bits per heavy atom. The number of hydrogen-bond donors (Lipinski definition) is 1. The highest BCUT2D eigenvalue weighted by molar-refractivity contribution is 7.17. The Labute approximate surface area is 157 Å². The number of hydrogen-bond acceptors (Lipinski definition) is 7. The lowest BCUT2D eigenvalue weighted by Gasteiger charge is -2.09. The fraction of sp³-hybridized carbons (Fsp3) is 0.176. The molecule has 134 valence electrons. The summed E-state index contributed by atoms with van der Waals surface area (Å²) in [7, 11) is 0. The molecule has 9 heteroatoms. The minimum Gasteiger partial charge on any atom is -0.493 e. The Hall–Kier alpha value is -2.78. The van der Waals surface area contributed by atoms with Crippen molar-refractivity contribution >= 4 is 38.7 Å². The number of aromatic nitrogens is 1. The molecule has 0 spiro atoms. The van der Waals surface area contributed by atoms with Crippen molar-refractivity contribution in [1.82, 2.24) is 4.98 Å². The Balaban J connectivity index is 1.79. The molecular weight excluding hydrogens is 374 g/mol. The molecule has 0 aliphatic carbocycles. The summed E-state index contributed by atoms with van der Waals surface area (Å²) >= 11 is 2.11. The number of thiophene rings is 1. The summed E-state index contributed by atoms with van der Waals surface area (Å²) in [5, 5.41) is 15.6. The van der Waals surface area contributed by atoms with Gasteiger partial charge >= 0.3 is 5.00 Å². The Bertz CT molecular complexity index is 965. The summed E-state index contributed by atoms with van der Waals surface area (Å²) in [6.07, 6.45) is 0. The van der Waals surface area contributed by atoms with Crippen molar-refractivity contribution in [3.05, 3.63) is 56.3 Å². The number of carbonyl (C=O) groups is 1. The molecule has 2 aromatic heterocycles. The highest BCUT2D eigenvalue weighted by Gasteiger charge is 2.17. The van der Waals surface area contributed by atoms with E-state index < -0.39 is 10.8 Å². The topological polar surface area (TPSA) is 94.4 Å². The van der Waals surface area contributed by atoms with E-state index in [2.05, 4.69) is 10.3 Å². The summed E-state index contributed by atoms with van der Waals surface area (Å²) in [5.74, 6) is 0.322. The highest BCUT2D eigenvalue weighted by atomic mass is 32.1. The first kappa shape index (κ1) is 18.0. The van der Waals surface area contributed by atoms with E-state index in [0.29, 0.717) is 17.4 Å². The molecule has 26 heavy (non-hydrogen) atoms. The van der Waals surface area contributed by atoms with Crippen LogP contribution in [0.3, 0.4) is 0 Å². The second-order valence-corrected chi connectivity index (χ2v) is 7.24. The van der Waals surface area contributed by atoms with Gasteiger partial charge in [-0.05, 0) is 37.6 Å². The van der Waals surface area contributed by atoms with Gasteiger partial charge in [0.15, 0.2) is 5.13 Å². The number of nitrogens with zero attached hydrogens (tertiary/aromatic N) is 2. The summed E-state index contributed by atoms with van der Waals surface area (Å²) < 4.78 is 5.67. The third kappa shape index (κ3) is 3.89. The van der Waals surface area contributed by atoms with Crippen LogP contribution in [-0.4, -0.2) is 22.4 Å². The number of rotatable bonds is 6. The number of amides is 1. The molecule has 0 aliphatic heterocycles. The van der Waals surface area contributed by atoms with Crippen LogP contribution >= 0.6 is 22.7 Å². The van der Waals surface area contributed by atoms with Gasteiger partial charge in [-0.3, -0.25) is 20.2 Å². The number of ether oxygens (including phenoxy) is 1. The van der Waals surface area contributed by atoms with Gasteiger partial charge in [-0.25, -0.2) is 4.98 Å². The zero-order valence-electron chi connectivity index (χ0n) is 14.0. The third-order valence-electron chi connectivity index (χ3n) is 3.43. The maximum absolute atomic E-state index is 12.2. The lowest BCUT2D eigenvalue weighted by Crippen LogP contribution is -2.09. The summed E-state index contributed by atoms with van der Waals surface area (Å²) in [6, 6.07) is 8.60. The van der Waals surface area contributed by atoms with E-state index in [-0.39, 0.29) is 9.88 Å². The van der Waals surface area contributed by atoms with E-state index in [9.17, 15) is 14.9 Å². The number of carbonyl (C=O) groups excluding carboxylic acids is 1. The molecule has 0 unspecified atom stereocenters. The smallest absolute Gasteiger partial charge is 0.324 e. The first-order valence-corrected chi connectivity index (χ1v) is 9.42. The van der Waals surface area contributed by atoms with Crippen molar-refractivity contribution in [2.45, 2.75) is 13.8 Å². The van der Waals surface area contributed by atoms with Crippen molar-refractivity contribution in [2.24, 2.45) is 0 Å². The Kier molecular flexibility index (Phi) is 5.29. The molecule has 0 bridgehead atoms. The number of benzene rings is 1. The monoisotopic (exact) mass is 389 g/mol. The second kappa shape index (κ2) is 7.63. The summed E-state index contributed by atoms with van der Waals surface area (Å²) in [6.45, 7) is 4.44. The molecule has 0 saturated heterocycles. The molecule has 7 nitrogen and oxygen atoms in total. The lowest BCUT2D eigenvalue weighted by molar-refractivity contribution is -0.380. The Morgan fingerprint density at radius 2 is 2.15 bits per heavy atom. The number of aryl methyl sites for hydroxylation is 1. The predicted molar refractivity (Wildman–Crippen MR) is 102 cm³/mol. The van der Waals surface area contributed by atoms with Crippen LogP contribution in [0.25, 0.3) is 11.3 Å². The molecule has 0 radical (unpaired) electrons. The maximum Gasteiger partial charge on any atom is 0.324 e. The Morgan fingerprint density at radius 3 is 2.85 bits per heavy atom. The first-order valence-electron chi connectivity index (χ1n) is 7.73. The highest BCUT2D eigenvalue weighted by Crippen LogP contribution is 2.33. The fourth-order valence-corrected chi connectivity index (χ4v) is 3.70. The normalized spacial score (nSPS) is 10.5. The van der Waals surface area contributed by atoms with Crippen molar-refractivity contribution in [2.75, 3.05) is 11.9 Å². The minimum atomic E-state index is -0.518. The van der Waals surface area contributed by atoms with Crippen LogP contribution in [0.4, 0.5) is 10.1 Å². The average molecular weight is 389 g/mol.